The van der Waals surface area contributed by atoms with Crippen molar-refractivity contribution in [2.75, 3.05) is 26.7 Å². The average molecular weight is 220 g/mol. The number of esters is 1. The van der Waals surface area contributed by atoms with Crippen LogP contribution in [0.5, 0.6) is 0 Å². The molecule has 1 aliphatic heterocycles. The first kappa shape index (κ1) is 11.2. The number of hydrogen-bond donors (Lipinski definition) is 1. The fourth-order valence-corrected chi connectivity index (χ4v) is 2.02. The van der Waals surface area contributed by atoms with Crippen molar-refractivity contribution in [1.29, 1.82) is 0 Å². The van der Waals surface area contributed by atoms with E-state index in [-0.39, 0.29) is 19.6 Å². The van der Waals surface area contributed by atoms with Crippen LogP contribution in [0.15, 0.2) is 12.2 Å². The number of ether oxygens (including phenoxy) is 1. The second kappa shape index (κ2) is 4.54. The number of nitrogens with zero attached hydrogens (tertiary/aromatic N) is 1. The van der Waals surface area contributed by atoms with Crippen molar-refractivity contribution in [3.05, 3.63) is 12.2 Å². The van der Waals surface area contributed by atoms with Gasteiger partial charge in [-0.3, -0.25) is 4.79 Å². The Hall–Kier alpha value is -0.920. The molecule has 1 rings (SSSR count). The lowest BCUT2D eigenvalue weighted by atomic mass is 10.5. The molecular formula is C7H12N2O4S. The third kappa shape index (κ3) is 2.79. The zero-order chi connectivity index (χ0) is 10.6. The van der Waals surface area contributed by atoms with Crippen LogP contribution in [0.1, 0.15) is 0 Å². The third-order valence-electron chi connectivity index (χ3n) is 1.73. The quantitative estimate of drug-likeness (QED) is 0.472. The molecular weight excluding hydrogens is 208 g/mol. The van der Waals surface area contributed by atoms with Crippen LogP contribution in [0.25, 0.3) is 0 Å². The van der Waals surface area contributed by atoms with E-state index in [4.69, 9.17) is 0 Å². The Morgan fingerprint density at radius 3 is 2.93 bits per heavy atom. The molecule has 0 atom stereocenters. The summed E-state index contributed by atoms with van der Waals surface area (Å²) in [5.41, 5.74) is 0. The van der Waals surface area contributed by atoms with Gasteiger partial charge in [0.15, 0.2) is 0 Å². The molecule has 1 N–H and O–H groups in total. The molecule has 0 aliphatic carbocycles. The third-order valence-corrected chi connectivity index (χ3v) is 3.22. The number of methoxy groups -OCH3 is 1. The lowest BCUT2D eigenvalue weighted by molar-refractivity contribution is -0.140. The topological polar surface area (TPSA) is 75.7 Å². The Balaban J connectivity index is 2.73. The molecule has 6 nitrogen and oxygen atoms in total. The summed E-state index contributed by atoms with van der Waals surface area (Å²) < 4.78 is 30.6. The molecule has 0 bridgehead atoms. The van der Waals surface area contributed by atoms with Gasteiger partial charge in [0.1, 0.15) is 6.54 Å². The number of nitrogens with one attached hydrogen (secondary N) is 1. The first-order chi connectivity index (χ1) is 6.56. The molecule has 0 amide bonds. The summed E-state index contributed by atoms with van der Waals surface area (Å²) in [7, 11) is -2.33. The Morgan fingerprint density at radius 2 is 2.29 bits per heavy atom. The van der Waals surface area contributed by atoms with Gasteiger partial charge in [0.05, 0.1) is 7.11 Å². The molecule has 0 saturated carbocycles. The van der Waals surface area contributed by atoms with Gasteiger partial charge in [0.2, 0.25) is 0 Å². The van der Waals surface area contributed by atoms with Crippen molar-refractivity contribution in [2.45, 2.75) is 0 Å². The van der Waals surface area contributed by atoms with Gasteiger partial charge in [0.25, 0.3) is 10.2 Å². The van der Waals surface area contributed by atoms with Gasteiger partial charge in [-0.2, -0.15) is 17.4 Å². The summed E-state index contributed by atoms with van der Waals surface area (Å²) in [5.74, 6) is -0.578. The molecule has 1 aliphatic rings. The minimum absolute atomic E-state index is 0.185. The van der Waals surface area contributed by atoms with Crippen molar-refractivity contribution in [2.24, 2.45) is 0 Å². The maximum atomic E-state index is 11.4. The minimum atomic E-state index is -3.55. The predicted octanol–water partition coefficient (Wildman–Crippen LogP) is -1.13. The average Bonchev–Trinajstić information content (AvgIpc) is 2.29. The van der Waals surface area contributed by atoms with Gasteiger partial charge in [-0.1, -0.05) is 12.2 Å². The van der Waals surface area contributed by atoms with E-state index in [1.807, 2.05) is 0 Å². The van der Waals surface area contributed by atoms with E-state index in [9.17, 15) is 13.2 Å². The molecule has 1 heterocycles. The van der Waals surface area contributed by atoms with Gasteiger partial charge >= 0.3 is 5.97 Å². The van der Waals surface area contributed by atoms with E-state index < -0.39 is 16.2 Å². The van der Waals surface area contributed by atoms with Gasteiger partial charge in [0, 0.05) is 13.1 Å². The second-order valence-electron chi connectivity index (χ2n) is 2.69. The van der Waals surface area contributed by atoms with E-state index in [0.717, 1.165) is 4.31 Å². The summed E-state index contributed by atoms with van der Waals surface area (Å²) in [6.07, 6.45) is 3.37. The van der Waals surface area contributed by atoms with Crippen LogP contribution in [0.2, 0.25) is 0 Å². The van der Waals surface area contributed by atoms with Crippen LogP contribution < -0.4 is 4.72 Å². The lowest BCUT2D eigenvalue weighted by Crippen LogP contribution is -2.42. The molecule has 0 saturated heterocycles. The molecule has 0 radical (unpaired) electrons. The van der Waals surface area contributed by atoms with E-state index >= 15 is 0 Å². The van der Waals surface area contributed by atoms with E-state index in [1.165, 1.54) is 7.11 Å². The van der Waals surface area contributed by atoms with Crippen molar-refractivity contribution in [1.82, 2.24) is 9.03 Å². The number of carbonyl (C=O) groups excluding carboxylic acids is 1. The van der Waals surface area contributed by atoms with Gasteiger partial charge in [-0.25, -0.2) is 0 Å². The number of carbonyl (C=O) groups is 1. The van der Waals surface area contributed by atoms with Crippen LogP contribution in [0.3, 0.4) is 0 Å². The first-order valence-electron chi connectivity index (χ1n) is 4.03. The van der Waals surface area contributed by atoms with Gasteiger partial charge in [-0.15, -0.1) is 0 Å². The first-order valence-corrected chi connectivity index (χ1v) is 5.47. The van der Waals surface area contributed by atoms with Crippen molar-refractivity contribution in [3.8, 4) is 0 Å². The maximum Gasteiger partial charge on any atom is 0.321 e. The van der Waals surface area contributed by atoms with Gasteiger partial charge in [-0.05, 0) is 0 Å². The number of rotatable bonds is 2. The summed E-state index contributed by atoms with van der Waals surface area (Å²) in [4.78, 5) is 10.9. The monoisotopic (exact) mass is 220 g/mol. The molecule has 80 valence electrons. The Bertz CT molecular complexity index is 336. The van der Waals surface area contributed by atoms with Crippen LogP contribution in [0.4, 0.5) is 0 Å². The smallest absolute Gasteiger partial charge is 0.321 e. The lowest BCUT2D eigenvalue weighted by Gasteiger charge is -2.17. The molecule has 0 unspecified atom stereocenters. The van der Waals surface area contributed by atoms with Crippen molar-refractivity contribution < 1.29 is 17.9 Å². The maximum absolute atomic E-state index is 11.4. The predicted molar refractivity (Wildman–Crippen MR) is 49.7 cm³/mol. The summed E-state index contributed by atoms with van der Waals surface area (Å²) >= 11 is 0. The fraction of sp³-hybridized carbons (Fsp3) is 0.571. The minimum Gasteiger partial charge on any atom is -0.468 e. The highest BCUT2D eigenvalue weighted by atomic mass is 32.2. The van der Waals surface area contributed by atoms with Crippen LogP contribution in [0, 0.1) is 0 Å². The molecule has 14 heavy (non-hydrogen) atoms. The van der Waals surface area contributed by atoms with E-state index in [0.29, 0.717) is 0 Å². The highest BCUT2D eigenvalue weighted by Crippen LogP contribution is 2.01. The SMILES string of the molecule is COC(=O)CN1CC=CCNS1(=O)=O. The highest BCUT2D eigenvalue weighted by molar-refractivity contribution is 7.87. The largest absolute Gasteiger partial charge is 0.468 e. The second-order valence-corrected chi connectivity index (χ2v) is 4.45. The normalized spacial score (nSPS) is 21.5. The van der Waals surface area contributed by atoms with Crippen LogP contribution in [-0.2, 0) is 19.7 Å². The van der Waals surface area contributed by atoms with E-state index in [2.05, 4.69) is 9.46 Å². The van der Waals surface area contributed by atoms with Crippen molar-refractivity contribution >= 4 is 16.2 Å². The summed E-state index contributed by atoms with van der Waals surface area (Å²) in [6.45, 7) is 0.167. The molecule has 0 aromatic rings. The van der Waals surface area contributed by atoms with Crippen LogP contribution in [-0.4, -0.2) is 45.4 Å². The molecule has 0 aromatic heterocycles. The van der Waals surface area contributed by atoms with Gasteiger partial charge < -0.3 is 4.74 Å². The number of hydrogen-bond acceptors (Lipinski definition) is 4. The molecule has 7 heteroatoms. The fourth-order valence-electron chi connectivity index (χ4n) is 0.976. The standard InChI is InChI=1S/C7H12N2O4S/c1-13-7(10)6-9-5-3-2-4-8-14(9,11)12/h2-3,8H,4-6H2,1H3. The van der Waals surface area contributed by atoms with Crippen molar-refractivity contribution in [3.63, 3.8) is 0 Å². The Labute approximate surface area is 82.7 Å². The summed E-state index contributed by atoms with van der Waals surface area (Å²) in [6, 6.07) is 0. The zero-order valence-electron chi connectivity index (χ0n) is 7.76. The molecule has 0 spiro atoms. The Morgan fingerprint density at radius 1 is 1.57 bits per heavy atom. The Kier molecular flexibility index (Phi) is 3.62. The summed E-state index contributed by atoms with van der Waals surface area (Å²) in [5, 5.41) is 0. The molecule has 0 aromatic carbocycles. The highest BCUT2D eigenvalue weighted by Gasteiger charge is 2.24. The van der Waals surface area contributed by atoms with Crippen LogP contribution >= 0.6 is 0 Å². The molecule has 0 fully saturated rings. The van der Waals surface area contributed by atoms with E-state index in [1.54, 1.807) is 12.2 Å². The zero-order valence-corrected chi connectivity index (χ0v) is 8.58.